The number of nitrogens with one attached hydrogen (secondary N) is 1. The van der Waals surface area contributed by atoms with Gasteiger partial charge in [-0.25, -0.2) is 0 Å². The zero-order chi connectivity index (χ0) is 48.9. The summed E-state index contributed by atoms with van der Waals surface area (Å²) in [6, 6.07) is 3.43. The first-order valence-corrected chi connectivity index (χ1v) is 25.2. The molecule has 0 fully saturated rings. The molecule has 0 atom stereocenters. The fourth-order valence-corrected chi connectivity index (χ4v) is 6.33. The van der Waals surface area contributed by atoms with Gasteiger partial charge in [0.2, 0.25) is 0 Å². The van der Waals surface area contributed by atoms with Gasteiger partial charge in [-0.15, -0.1) is 0 Å². The zero-order valence-corrected chi connectivity index (χ0v) is 41.6. The Labute approximate surface area is 406 Å². The summed E-state index contributed by atoms with van der Waals surface area (Å²) >= 11 is 0. The molecule has 0 amide bonds. The van der Waals surface area contributed by atoms with Crippen LogP contribution in [0.3, 0.4) is 0 Å². The molecule has 68 heavy (non-hydrogen) atoms. The van der Waals surface area contributed by atoms with Gasteiger partial charge < -0.3 is 66.9 Å². The Bertz CT molecular complexity index is 1240. The first-order chi connectivity index (χ1) is 33.6. The lowest BCUT2D eigenvalue weighted by Crippen LogP contribution is -2.16. The maximum absolute atomic E-state index is 11.2. The maximum Gasteiger partial charge on any atom is 0.299 e. The molecule has 0 aliphatic heterocycles. The molecule has 0 spiro atoms. The highest BCUT2D eigenvalue weighted by Crippen LogP contribution is 2.28. The summed E-state index contributed by atoms with van der Waals surface area (Å²) in [4.78, 5) is 20.7. The highest BCUT2D eigenvalue weighted by atomic mass is 16.6. The van der Waals surface area contributed by atoms with Gasteiger partial charge in [-0.3, -0.25) is 20.2 Å². The maximum atomic E-state index is 11.2. The van der Waals surface area contributed by atoms with Crippen LogP contribution in [0.2, 0.25) is 0 Å². The van der Waals surface area contributed by atoms with Crippen molar-refractivity contribution < 1.29 is 71.4 Å². The number of nitro groups is 2. The van der Waals surface area contributed by atoms with Crippen molar-refractivity contribution in [3.05, 3.63) is 38.4 Å². The summed E-state index contributed by atoms with van der Waals surface area (Å²) in [5.74, 6) is 0. The fourth-order valence-electron chi connectivity index (χ4n) is 6.33. The van der Waals surface area contributed by atoms with Crippen LogP contribution in [0.4, 0.5) is 17.1 Å². The quantitative estimate of drug-likeness (QED) is 0.0377. The second-order valence-electron chi connectivity index (χ2n) is 15.7. The van der Waals surface area contributed by atoms with E-state index in [2.05, 4.69) is 12.2 Å². The van der Waals surface area contributed by atoms with Crippen LogP contribution in [0.25, 0.3) is 0 Å². The van der Waals surface area contributed by atoms with Crippen molar-refractivity contribution in [1.82, 2.24) is 0 Å². The van der Waals surface area contributed by atoms with E-state index < -0.39 is 9.85 Å². The van der Waals surface area contributed by atoms with Crippen molar-refractivity contribution in [2.45, 2.75) is 96.8 Å². The Balaban J connectivity index is 1.65. The van der Waals surface area contributed by atoms with E-state index in [9.17, 15) is 20.2 Å². The number of ether oxygens (including phenoxy) is 13. The summed E-state index contributed by atoms with van der Waals surface area (Å²) in [6.45, 7) is 15.2. The SMILES string of the molecule is CCCCCCCCCCCCCCCCOCCOCCOCCOCCOCCOCCOCCOCCOCCOCCOCCOCCOCCNc1ccc([N+](=O)[O-])cc1[N+](=O)[O-]. The van der Waals surface area contributed by atoms with Gasteiger partial charge in [-0.05, 0) is 12.5 Å². The molecule has 398 valence electrons. The van der Waals surface area contributed by atoms with E-state index >= 15 is 0 Å². The van der Waals surface area contributed by atoms with Gasteiger partial charge in [0.1, 0.15) is 5.69 Å². The third kappa shape index (κ3) is 44.5. The van der Waals surface area contributed by atoms with E-state index in [0.717, 1.165) is 19.1 Å². The number of rotatable bonds is 57. The van der Waals surface area contributed by atoms with Gasteiger partial charge in [0.25, 0.3) is 11.4 Å². The number of benzene rings is 1. The Kier molecular flexibility index (Phi) is 48.5. The summed E-state index contributed by atoms with van der Waals surface area (Å²) in [5, 5.41) is 24.9. The Hall–Kier alpha value is -2.70. The third-order valence-corrected chi connectivity index (χ3v) is 10.1. The Morgan fingerprint density at radius 1 is 0.353 bits per heavy atom. The Morgan fingerprint density at radius 3 is 0.897 bits per heavy atom. The van der Waals surface area contributed by atoms with Crippen LogP contribution < -0.4 is 5.32 Å². The Morgan fingerprint density at radius 2 is 0.618 bits per heavy atom. The van der Waals surface area contributed by atoms with Crippen LogP contribution in [0.1, 0.15) is 96.8 Å². The molecule has 0 aliphatic carbocycles. The van der Waals surface area contributed by atoms with E-state index in [1.54, 1.807) is 0 Å². The standard InChI is InChI=1S/C48H89N3O17/c1-2-3-4-5-6-7-8-9-10-11-12-13-14-15-19-56-21-23-58-25-27-60-29-31-62-33-35-64-37-39-66-41-43-68-44-42-67-40-38-65-36-34-63-32-30-61-28-26-59-24-22-57-20-18-49-47-17-16-46(50(52)53)45-48(47)51(54)55/h16-17,45,49H,2-15,18-44H2,1H3. The lowest BCUT2D eigenvalue weighted by Gasteiger charge is -2.09. The number of nitrogens with zero attached hydrogens (tertiary/aromatic N) is 2. The largest absolute Gasteiger partial charge is 0.379 e. The second-order valence-corrected chi connectivity index (χ2v) is 15.7. The van der Waals surface area contributed by atoms with E-state index in [4.69, 9.17) is 61.6 Å². The summed E-state index contributed by atoms with van der Waals surface area (Å²) in [6.07, 6.45) is 19.1. The summed E-state index contributed by atoms with van der Waals surface area (Å²) in [7, 11) is 0. The van der Waals surface area contributed by atoms with Crippen LogP contribution in [0.15, 0.2) is 18.2 Å². The van der Waals surface area contributed by atoms with E-state index in [-0.39, 0.29) is 30.2 Å². The molecule has 20 nitrogen and oxygen atoms in total. The molecule has 0 saturated heterocycles. The summed E-state index contributed by atoms with van der Waals surface area (Å²) in [5.41, 5.74) is -0.527. The van der Waals surface area contributed by atoms with Gasteiger partial charge in [-0.2, -0.15) is 0 Å². The molecule has 1 aromatic rings. The number of unbranched alkanes of at least 4 members (excludes halogenated alkanes) is 13. The minimum Gasteiger partial charge on any atom is -0.379 e. The van der Waals surface area contributed by atoms with Crippen LogP contribution in [-0.2, 0) is 61.6 Å². The monoisotopic (exact) mass is 980 g/mol. The van der Waals surface area contributed by atoms with Gasteiger partial charge >= 0.3 is 0 Å². The molecule has 0 bridgehead atoms. The number of non-ortho nitro benzene ring substituents is 1. The zero-order valence-electron chi connectivity index (χ0n) is 41.6. The topological polar surface area (TPSA) is 218 Å². The van der Waals surface area contributed by atoms with Crippen molar-refractivity contribution >= 4 is 17.1 Å². The molecule has 1 aromatic carbocycles. The molecule has 1 rings (SSSR count). The van der Waals surface area contributed by atoms with Crippen LogP contribution in [-0.4, -0.2) is 188 Å². The van der Waals surface area contributed by atoms with E-state index in [1.165, 1.54) is 95.6 Å². The van der Waals surface area contributed by atoms with Crippen molar-refractivity contribution in [2.75, 3.05) is 184 Å². The molecular formula is C48H89N3O17. The minimum atomic E-state index is -0.679. The molecule has 20 heteroatoms. The van der Waals surface area contributed by atoms with Crippen molar-refractivity contribution in [1.29, 1.82) is 0 Å². The molecule has 0 aliphatic rings. The minimum absolute atomic E-state index is 0.185. The van der Waals surface area contributed by atoms with Gasteiger partial charge in [0.05, 0.1) is 181 Å². The molecule has 1 N–H and O–H groups in total. The molecule has 0 unspecified atom stereocenters. The predicted octanol–water partition coefficient (Wildman–Crippen LogP) is 7.61. The highest BCUT2D eigenvalue weighted by Gasteiger charge is 2.19. The average molecular weight is 980 g/mol. The van der Waals surface area contributed by atoms with Gasteiger partial charge in [0.15, 0.2) is 0 Å². The molecular weight excluding hydrogens is 891 g/mol. The number of anilines is 1. The van der Waals surface area contributed by atoms with Gasteiger partial charge in [0, 0.05) is 19.2 Å². The van der Waals surface area contributed by atoms with Crippen molar-refractivity contribution in [3.63, 3.8) is 0 Å². The molecule has 0 saturated carbocycles. The smallest absolute Gasteiger partial charge is 0.299 e. The van der Waals surface area contributed by atoms with Crippen LogP contribution in [0, 0.1) is 20.2 Å². The van der Waals surface area contributed by atoms with E-state index in [0.29, 0.717) is 159 Å². The van der Waals surface area contributed by atoms with E-state index in [1.807, 2.05) is 0 Å². The predicted molar refractivity (Wildman–Crippen MR) is 259 cm³/mol. The first kappa shape index (κ1) is 63.3. The highest BCUT2D eigenvalue weighted by molar-refractivity contribution is 5.65. The van der Waals surface area contributed by atoms with Crippen molar-refractivity contribution in [2.24, 2.45) is 0 Å². The second kappa shape index (κ2) is 52.1. The van der Waals surface area contributed by atoms with Crippen molar-refractivity contribution in [3.8, 4) is 0 Å². The molecule has 0 radical (unpaired) electrons. The summed E-state index contributed by atoms with van der Waals surface area (Å²) < 4.78 is 71.7. The first-order valence-electron chi connectivity index (χ1n) is 25.2. The normalized spacial score (nSPS) is 11.5. The molecule has 0 heterocycles. The van der Waals surface area contributed by atoms with Crippen LogP contribution in [0.5, 0.6) is 0 Å². The fraction of sp³-hybridized carbons (Fsp3) is 0.875. The average Bonchev–Trinajstić information content (AvgIpc) is 3.34. The number of nitro benzene ring substituents is 2. The lowest BCUT2D eigenvalue weighted by molar-refractivity contribution is -0.393. The number of hydrogen-bond donors (Lipinski definition) is 1. The lowest BCUT2D eigenvalue weighted by atomic mass is 10.0. The molecule has 0 aromatic heterocycles. The van der Waals surface area contributed by atoms with Crippen LogP contribution >= 0.6 is 0 Å². The third-order valence-electron chi connectivity index (χ3n) is 10.1. The number of hydrogen-bond acceptors (Lipinski definition) is 18. The van der Waals surface area contributed by atoms with Gasteiger partial charge in [-0.1, -0.05) is 90.4 Å².